The van der Waals surface area contributed by atoms with Gasteiger partial charge in [0.1, 0.15) is 6.04 Å². The van der Waals surface area contributed by atoms with Crippen molar-refractivity contribution in [3.8, 4) is 0 Å². The molecule has 0 saturated carbocycles. The van der Waals surface area contributed by atoms with Gasteiger partial charge in [-0.1, -0.05) is 17.7 Å². The number of carbonyl (C=O) groups excluding carboxylic acids is 1. The van der Waals surface area contributed by atoms with E-state index in [-0.39, 0.29) is 12.5 Å². The van der Waals surface area contributed by atoms with Gasteiger partial charge in [0.05, 0.1) is 6.61 Å². The summed E-state index contributed by atoms with van der Waals surface area (Å²) in [5.41, 5.74) is 1.95. The van der Waals surface area contributed by atoms with Crippen molar-refractivity contribution in [1.82, 2.24) is 5.32 Å². The smallest absolute Gasteiger partial charge is 0.245 e. The minimum atomic E-state index is -0.527. The Morgan fingerprint density at radius 2 is 2.35 bits per heavy atom. The van der Waals surface area contributed by atoms with Gasteiger partial charge in [-0.25, -0.2) is 0 Å². The molecule has 0 aliphatic carbocycles. The Kier molecular flexibility index (Phi) is 3.54. The van der Waals surface area contributed by atoms with E-state index in [4.69, 9.17) is 11.6 Å². The van der Waals surface area contributed by atoms with Gasteiger partial charge in [0, 0.05) is 23.8 Å². The summed E-state index contributed by atoms with van der Waals surface area (Å²) >= 11 is 5.97. The van der Waals surface area contributed by atoms with Crippen LogP contribution in [0.4, 0.5) is 5.69 Å². The molecule has 92 valence electrons. The number of benzene rings is 1. The van der Waals surface area contributed by atoms with Crippen molar-refractivity contribution in [3.63, 3.8) is 0 Å². The lowest BCUT2D eigenvalue weighted by molar-refractivity contribution is -0.124. The van der Waals surface area contributed by atoms with Gasteiger partial charge in [0.15, 0.2) is 0 Å². The van der Waals surface area contributed by atoms with Crippen LogP contribution in [0.3, 0.4) is 0 Å². The third kappa shape index (κ3) is 2.37. The number of anilines is 1. The molecule has 17 heavy (non-hydrogen) atoms. The number of aliphatic hydroxyl groups is 1. The van der Waals surface area contributed by atoms with Crippen LogP contribution in [0, 0.1) is 6.92 Å². The molecule has 1 aliphatic heterocycles. The van der Waals surface area contributed by atoms with Crippen LogP contribution in [-0.2, 0) is 4.79 Å². The monoisotopic (exact) mass is 254 g/mol. The van der Waals surface area contributed by atoms with E-state index < -0.39 is 6.04 Å². The van der Waals surface area contributed by atoms with Gasteiger partial charge < -0.3 is 15.3 Å². The first-order chi connectivity index (χ1) is 8.13. The number of carbonyl (C=O) groups is 1. The third-order valence-corrected chi connectivity index (χ3v) is 3.22. The molecule has 0 bridgehead atoms. The van der Waals surface area contributed by atoms with Crippen LogP contribution >= 0.6 is 11.6 Å². The second-order valence-electron chi connectivity index (χ2n) is 4.11. The molecule has 2 rings (SSSR count). The number of amides is 1. The Balaban J connectivity index is 2.36. The van der Waals surface area contributed by atoms with Crippen LogP contribution < -0.4 is 10.2 Å². The highest BCUT2D eigenvalue weighted by atomic mass is 35.5. The minimum Gasteiger partial charge on any atom is -0.394 e. The Morgan fingerprint density at radius 3 is 3.06 bits per heavy atom. The lowest BCUT2D eigenvalue weighted by atomic mass is 10.1. The highest BCUT2D eigenvalue weighted by Crippen LogP contribution is 2.26. The van der Waals surface area contributed by atoms with E-state index in [1.807, 2.05) is 30.0 Å². The van der Waals surface area contributed by atoms with E-state index >= 15 is 0 Å². The first kappa shape index (κ1) is 12.2. The maximum atomic E-state index is 11.7. The largest absolute Gasteiger partial charge is 0.394 e. The normalized spacial score (nSPS) is 20.3. The van der Waals surface area contributed by atoms with E-state index in [2.05, 4.69) is 5.32 Å². The van der Waals surface area contributed by atoms with Crippen molar-refractivity contribution in [3.05, 3.63) is 28.8 Å². The van der Waals surface area contributed by atoms with E-state index in [0.717, 1.165) is 11.3 Å². The highest BCUT2D eigenvalue weighted by molar-refractivity contribution is 6.30. The lowest BCUT2D eigenvalue weighted by Gasteiger charge is -2.36. The molecule has 0 radical (unpaired) electrons. The van der Waals surface area contributed by atoms with Crippen LogP contribution in [0.2, 0.25) is 5.02 Å². The standard InChI is InChI=1S/C12H15ClN2O2/c1-8-2-3-9(13)6-10(8)15-5-4-14-12(17)11(15)7-16/h2-3,6,11,16H,4-5,7H2,1H3,(H,14,17). The van der Waals surface area contributed by atoms with E-state index in [9.17, 15) is 9.90 Å². The fourth-order valence-corrected chi connectivity index (χ4v) is 2.24. The average molecular weight is 255 g/mol. The molecular formula is C12H15ClN2O2. The van der Waals surface area contributed by atoms with E-state index in [0.29, 0.717) is 18.1 Å². The summed E-state index contributed by atoms with van der Waals surface area (Å²) in [6.07, 6.45) is 0. The molecule has 1 heterocycles. The molecule has 1 saturated heterocycles. The lowest BCUT2D eigenvalue weighted by Crippen LogP contribution is -2.57. The zero-order valence-corrected chi connectivity index (χ0v) is 10.4. The Morgan fingerprint density at radius 1 is 1.59 bits per heavy atom. The van der Waals surface area contributed by atoms with Crippen molar-refractivity contribution in [1.29, 1.82) is 0 Å². The third-order valence-electron chi connectivity index (χ3n) is 2.98. The van der Waals surface area contributed by atoms with Gasteiger partial charge in [-0.05, 0) is 24.6 Å². The maximum absolute atomic E-state index is 11.7. The minimum absolute atomic E-state index is 0.141. The molecule has 1 amide bonds. The summed E-state index contributed by atoms with van der Waals surface area (Å²) in [6.45, 7) is 3.03. The Hall–Kier alpha value is -1.26. The van der Waals surface area contributed by atoms with Crippen LogP contribution in [0.25, 0.3) is 0 Å². The Bertz CT molecular complexity index is 437. The first-order valence-electron chi connectivity index (χ1n) is 5.55. The summed E-state index contributed by atoms with van der Waals surface area (Å²) in [4.78, 5) is 13.6. The number of hydrogen-bond donors (Lipinski definition) is 2. The molecule has 1 atom stereocenters. The zero-order chi connectivity index (χ0) is 12.4. The second-order valence-corrected chi connectivity index (χ2v) is 4.55. The van der Waals surface area contributed by atoms with Gasteiger partial charge in [0.25, 0.3) is 0 Å². The summed E-state index contributed by atoms with van der Waals surface area (Å²) in [5.74, 6) is -0.141. The van der Waals surface area contributed by atoms with Crippen molar-refractivity contribution >= 4 is 23.2 Å². The molecule has 1 unspecified atom stereocenters. The average Bonchev–Trinajstić information content (AvgIpc) is 2.32. The number of nitrogens with one attached hydrogen (secondary N) is 1. The van der Waals surface area contributed by atoms with Crippen LogP contribution in [0.1, 0.15) is 5.56 Å². The SMILES string of the molecule is Cc1ccc(Cl)cc1N1CCNC(=O)C1CO. The van der Waals surface area contributed by atoms with Gasteiger partial charge in [-0.2, -0.15) is 0 Å². The molecular weight excluding hydrogens is 240 g/mol. The molecule has 5 heteroatoms. The predicted octanol–water partition coefficient (Wildman–Crippen LogP) is 0.946. The number of piperazine rings is 1. The zero-order valence-electron chi connectivity index (χ0n) is 9.61. The van der Waals surface area contributed by atoms with Crippen LogP contribution in [0.15, 0.2) is 18.2 Å². The number of halogens is 1. The van der Waals surface area contributed by atoms with Gasteiger partial charge >= 0.3 is 0 Å². The summed E-state index contributed by atoms with van der Waals surface area (Å²) in [7, 11) is 0. The van der Waals surface area contributed by atoms with Crippen molar-refractivity contribution in [2.24, 2.45) is 0 Å². The number of aryl methyl sites for hydroxylation is 1. The van der Waals surface area contributed by atoms with Gasteiger partial charge in [-0.3, -0.25) is 4.79 Å². The van der Waals surface area contributed by atoms with Crippen LogP contribution in [0.5, 0.6) is 0 Å². The van der Waals surface area contributed by atoms with Gasteiger partial charge in [-0.15, -0.1) is 0 Å². The van der Waals surface area contributed by atoms with Crippen molar-refractivity contribution in [2.45, 2.75) is 13.0 Å². The molecule has 1 fully saturated rings. The second kappa shape index (κ2) is 4.94. The number of nitrogens with zero attached hydrogens (tertiary/aromatic N) is 1. The number of hydrogen-bond acceptors (Lipinski definition) is 3. The topological polar surface area (TPSA) is 52.6 Å². The Labute approximate surface area is 105 Å². The fourth-order valence-electron chi connectivity index (χ4n) is 2.08. The molecule has 1 aromatic rings. The maximum Gasteiger partial charge on any atom is 0.245 e. The molecule has 4 nitrogen and oxygen atoms in total. The van der Waals surface area contributed by atoms with Crippen molar-refractivity contribution in [2.75, 3.05) is 24.6 Å². The number of aliphatic hydroxyl groups excluding tert-OH is 1. The fraction of sp³-hybridized carbons (Fsp3) is 0.417. The van der Waals surface area contributed by atoms with Crippen molar-refractivity contribution < 1.29 is 9.90 Å². The highest BCUT2D eigenvalue weighted by Gasteiger charge is 2.29. The quantitative estimate of drug-likeness (QED) is 0.826. The van der Waals surface area contributed by atoms with E-state index in [1.165, 1.54) is 0 Å². The molecule has 1 aromatic carbocycles. The predicted molar refractivity (Wildman–Crippen MR) is 67.4 cm³/mol. The summed E-state index contributed by atoms with van der Waals surface area (Å²) in [5, 5.41) is 12.7. The number of rotatable bonds is 2. The molecule has 2 N–H and O–H groups in total. The van der Waals surface area contributed by atoms with E-state index in [1.54, 1.807) is 0 Å². The summed E-state index contributed by atoms with van der Waals surface area (Å²) < 4.78 is 0. The first-order valence-corrected chi connectivity index (χ1v) is 5.92. The summed E-state index contributed by atoms with van der Waals surface area (Å²) in [6, 6.07) is 5.04. The van der Waals surface area contributed by atoms with Gasteiger partial charge in [0.2, 0.25) is 5.91 Å². The molecule has 0 aromatic heterocycles. The van der Waals surface area contributed by atoms with Crippen LogP contribution in [-0.4, -0.2) is 36.8 Å². The molecule has 0 spiro atoms. The molecule has 1 aliphatic rings.